The number of carbonyl (C=O) groups is 1. The highest BCUT2D eigenvalue weighted by molar-refractivity contribution is 7.90. The maximum Gasteiger partial charge on any atom is 0.268 e. The molecule has 2 aromatic rings. The predicted molar refractivity (Wildman–Crippen MR) is 130 cm³/mol. The number of anilines is 2. The minimum Gasteiger partial charge on any atom is -0.472 e. The van der Waals surface area contributed by atoms with E-state index in [-0.39, 0.29) is 45.4 Å². The summed E-state index contributed by atoms with van der Waals surface area (Å²) in [6, 6.07) is 6.56. The van der Waals surface area contributed by atoms with Gasteiger partial charge in [0, 0.05) is 17.8 Å². The highest BCUT2D eigenvalue weighted by atomic mass is 32.2. The third-order valence-corrected chi connectivity index (χ3v) is 7.46. The van der Waals surface area contributed by atoms with Crippen LogP contribution in [0, 0.1) is 17.7 Å². The largest absolute Gasteiger partial charge is 0.472 e. The van der Waals surface area contributed by atoms with E-state index in [1.807, 2.05) is 44.2 Å². The lowest BCUT2D eigenvalue weighted by Gasteiger charge is -2.34. The van der Waals surface area contributed by atoms with E-state index >= 15 is 4.39 Å². The van der Waals surface area contributed by atoms with Gasteiger partial charge in [0.25, 0.3) is 21.8 Å². The molecule has 1 aliphatic heterocycles. The molecule has 1 aliphatic rings. The van der Waals surface area contributed by atoms with Gasteiger partial charge in [0.05, 0.1) is 10.5 Å². The summed E-state index contributed by atoms with van der Waals surface area (Å²) in [6.07, 6.45) is 0.511. The second-order valence-corrected chi connectivity index (χ2v) is 11.6. The summed E-state index contributed by atoms with van der Waals surface area (Å²) in [5.74, 6) is -1.45. The quantitative estimate of drug-likeness (QED) is 0.562. The van der Waals surface area contributed by atoms with Crippen molar-refractivity contribution in [1.29, 1.82) is 0 Å². The molecule has 1 aromatic carbocycles. The van der Waals surface area contributed by atoms with Crippen molar-refractivity contribution in [2.45, 2.75) is 64.5 Å². The molecule has 1 fully saturated rings. The second-order valence-electron chi connectivity index (χ2n) is 9.95. The number of hydrogen-bond donors (Lipinski definition) is 2. The van der Waals surface area contributed by atoms with E-state index in [1.54, 1.807) is 0 Å². The van der Waals surface area contributed by atoms with Crippen molar-refractivity contribution in [3.8, 4) is 5.88 Å². The van der Waals surface area contributed by atoms with Crippen molar-refractivity contribution < 1.29 is 22.3 Å². The first-order valence-corrected chi connectivity index (χ1v) is 12.8. The lowest BCUT2D eigenvalue weighted by molar-refractivity contribution is 0.0980. The molecule has 3 N–H and O–H groups in total. The number of nitrogens with zero attached hydrogens (tertiary/aromatic N) is 2. The minimum absolute atomic E-state index is 0.110. The summed E-state index contributed by atoms with van der Waals surface area (Å²) < 4.78 is 48.4. The zero-order valence-electron chi connectivity index (χ0n) is 20.4. The fourth-order valence-corrected chi connectivity index (χ4v) is 5.13. The molecule has 10 heteroatoms. The lowest BCUT2D eigenvalue weighted by atomic mass is 9.97. The summed E-state index contributed by atoms with van der Waals surface area (Å²) in [5.41, 5.74) is 5.35. The molecule has 186 valence electrons. The molecule has 1 amide bonds. The number of sulfonamides is 1. The van der Waals surface area contributed by atoms with Gasteiger partial charge in [-0.05, 0) is 63.3 Å². The zero-order valence-corrected chi connectivity index (χ0v) is 21.2. The molecular weight excluding hydrogens is 459 g/mol. The highest BCUT2D eigenvalue weighted by Gasteiger charge is 2.40. The average molecular weight is 493 g/mol. The van der Waals surface area contributed by atoms with E-state index in [0.717, 1.165) is 12.5 Å². The van der Waals surface area contributed by atoms with Crippen LogP contribution in [0.4, 0.5) is 15.9 Å². The fraction of sp³-hybridized carbons (Fsp3) is 0.500. The van der Waals surface area contributed by atoms with Gasteiger partial charge >= 0.3 is 0 Å². The maximum atomic E-state index is 15.0. The van der Waals surface area contributed by atoms with Crippen LogP contribution in [0.25, 0.3) is 0 Å². The Labute approximate surface area is 200 Å². The van der Waals surface area contributed by atoms with Crippen molar-refractivity contribution >= 4 is 27.4 Å². The molecular formula is C24H33FN4O4S. The van der Waals surface area contributed by atoms with Crippen LogP contribution in [-0.4, -0.2) is 37.5 Å². The topological polar surface area (TPSA) is 115 Å². The van der Waals surface area contributed by atoms with Crippen LogP contribution in [0.3, 0.4) is 0 Å². The summed E-state index contributed by atoms with van der Waals surface area (Å²) >= 11 is 0. The molecule has 0 bridgehead atoms. The number of hydrogen-bond acceptors (Lipinski definition) is 7. The van der Waals surface area contributed by atoms with Gasteiger partial charge in [-0.2, -0.15) is 4.98 Å². The maximum absolute atomic E-state index is 15.0. The molecule has 1 saturated heterocycles. The van der Waals surface area contributed by atoms with E-state index < -0.39 is 21.7 Å². The van der Waals surface area contributed by atoms with Gasteiger partial charge in [-0.25, -0.2) is 17.5 Å². The number of benzene rings is 1. The number of pyridine rings is 1. The van der Waals surface area contributed by atoms with Crippen molar-refractivity contribution in [2.24, 2.45) is 11.8 Å². The predicted octanol–water partition coefficient (Wildman–Crippen LogP) is 3.97. The Balaban J connectivity index is 2.06. The molecule has 0 saturated carbocycles. The number of nitrogen functional groups attached to an aromatic ring is 1. The minimum atomic E-state index is -4.24. The first-order valence-electron chi connectivity index (χ1n) is 11.3. The number of halogens is 1. The number of ether oxygens (including phenoxy) is 1. The van der Waals surface area contributed by atoms with Gasteiger partial charge in [0.15, 0.2) is 5.82 Å². The molecule has 0 aliphatic carbocycles. The Hall–Kier alpha value is -2.88. The van der Waals surface area contributed by atoms with Crippen LogP contribution in [-0.2, 0) is 10.0 Å². The van der Waals surface area contributed by atoms with Gasteiger partial charge in [0.1, 0.15) is 11.9 Å². The first kappa shape index (κ1) is 25.7. The van der Waals surface area contributed by atoms with Crippen molar-refractivity contribution in [1.82, 2.24) is 9.71 Å². The Kier molecular flexibility index (Phi) is 7.12. The Bertz CT molecular complexity index is 1180. The van der Waals surface area contributed by atoms with Crippen LogP contribution in [0.15, 0.2) is 35.2 Å². The highest BCUT2D eigenvalue weighted by Crippen LogP contribution is 2.39. The average Bonchev–Trinajstić information content (AvgIpc) is 3.00. The first-order chi connectivity index (χ1) is 15.7. The SMILES string of the molecule is CC(C)[C@@H](C)Oc1nc(N2C[C@@H](C)CC2(C)C)c(C(=O)NS(=O)(=O)c2cccc(N)c2)cc1F. The Morgan fingerprint density at radius 2 is 1.97 bits per heavy atom. The third kappa shape index (κ3) is 5.43. The van der Waals surface area contributed by atoms with Gasteiger partial charge in [0.2, 0.25) is 0 Å². The van der Waals surface area contributed by atoms with Gasteiger partial charge in [-0.1, -0.05) is 26.8 Å². The summed E-state index contributed by atoms with van der Waals surface area (Å²) in [6.45, 7) is 12.4. The number of carbonyl (C=O) groups excluding carboxylic acids is 1. The summed E-state index contributed by atoms with van der Waals surface area (Å²) in [5, 5.41) is 0. The van der Waals surface area contributed by atoms with Crippen molar-refractivity contribution in [3.63, 3.8) is 0 Å². The molecule has 3 rings (SSSR count). The van der Waals surface area contributed by atoms with Crippen LogP contribution in [0.2, 0.25) is 0 Å². The molecule has 0 spiro atoms. The monoisotopic (exact) mass is 492 g/mol. The number of nitrogens with two attached hydrogens (primary N) is 1. The van der Waals surface area contributed by atoms with Crippen LogP contribution in [0.1, 0.15) is 58.3 Å². The second kappa shape index (κ2) is 9.40. The van der Waals surface area contributed by atoms with Gasteiger partial charge < -0.3 is 15.4 Å². The third-order valence-electron chi connectivity index (χ3n) is 6.13. The molecule has 0 unspecified atom stereocenters. The molecule has 0 radical (unpaired) electrons. The van der Waals surface area contributed by atoms with Crippen molar-refractivity contribution in [2.75, 3.05) is 17.2 Å². The number of nitrogens with one attached hydrogen (secondary N) is 1. The zero-order chi connectivity index (χ0) is 25.4. The standard InChI is InChI=1S/C24H33FN4O4S/c1-14(2)16(4)33-23-20(25)11-19(21(27-23)29-13-15(3)12-24(29,5)6)22(30)28-34(31,32)18-9-7-8-17(26)10-18/h7-11,14-16H,12-13,26H2,1-6H3,(H,28,30)/t15-,16+/m0/s1. The molecule has 2 atom stereocenters. The molecule has 2 heterocycles. The number of amides is 1. The Morgan fingerprint density at radius 1 is 1.29 bits per heavy atom. The van der Waals surface area contributed by atoms with E-state index in [0.29, 0.717) is 12.5 Å². The number of aromatic nitrogens is 1. The van der Waals surface area contributed by atoms with E-state index in [2.05, 4.69) is 11.9 Å². The van der Waals surface area contributed by atoms with E-state index in [4.69, 9.17) is 10.5 Å². The van der Waals surface area contributed by atoms with Crippen molar-refractivity contribution in [3.05, 3.63) is 41.7 Å². The molecule has 34 heavy (non-hydrogen) atoms. The summed E-state index contributed by atoms with van der Waals surface area (Å²) in [7, 11) is -4.24. The van der Waals surface area contributed by atoms with Crippen LogP contribution in [0.5, 0.6) is 5.88 Å². The van der Waals surface area contributed by atoms with Gasteiger partial charge in [-0.3, -0.25) is 4.79 Å². The van der Waals surface area contributed by atoms with Crippen LogP contribution >= 0.6 is 0 Å². The summed E-state index contributed by atoms with van der Waals surface area (Å²) in [4.78, 5) is 19.3. The van der Waals surface area contributed by atoms with Gasteiger partial charge in [-0.15, -0.1) is 0 Å². The molecule has 8 nitrogen and oxygen atoms in total. The Morgan fingerprint density at radius 3 is 2.53 bits per heavy atom. The lowest BCUT2D eigenvalue weighted by Crippen LogP contribution is -2.41. The van der Waals surface area contributed by atoms with E-state index in [9.17, 15) is 13.2 Å². The number of rotatable bonds is 7. The smallest absolute Gasteiger partial charge is 0.268 e. The van der Waals surface area contributed by atoms with E-state index in [1.165, 1.54) is 24.3 Å². The van der Waals surface area contributed by atoms with Crippen LogP contribution < -0.4 is 20.1 Å². The molecule has 1 aromatic heterocycles. The fourth-order valence-electron chi connectivity index (χ4n) is 4.11. The normalized spacial score (nSPS) is 18.7.